The Morgan fingerprint density at radius 1 is 0.366 bits per heavy atom. The average molecular weight is 1280 g/mol. The molecule has 8 aromatic carbocycles. The third kappa shape index (κ3) is 21.9. The molecule has 8 aromatic rings. The molecule has 6 nitrogen and oxygen atoms in total. The van der Waals surface area contributed by atoms with Crippen molar-refractivity contribution in [1.82, 2.24) is 0 Å². The Kier molecular flexibility index (Phi) is 26.5. The first-order valence-corrected chi connectivity index (χ1v) is 39.4. The summed E-state index contributed by atoms with van der Waals surface area (Å²) in [6.07, 6.45) is 6.06. The molecular formula is C56H60Cl2O6P4PtS2. The first-order valence-electron chi connectivity index (χ1n) is 22.3. The molecule has 0 fully saturated rings. The van der Waals surface area contributed by atoms with Gasteiger partial charge in [-0.1, -0.05) is 194 Å². The van der Waals surface area contributed by atoms with Crippen LogP contribution in [0.1, 0.15) is 0 Å². The zero-order chi connectivity index (χ0) is 51.6. The Hall–Kier alpha value is -3.43. The molecule has 0 heterocycles. The van der Waals surface area contributed by atoms with Crippen LogP contribution in [0.4, 0.5) is 0 Å². The molecule has 71 heavy (non-hydrogen) atoms. The van der Waals surface area contributed by atoms with Crippen LogP contribution in [0.3, 0.4) is 0 Å². The Balaban J connectivity index is 0.000000248. The summed E-state index contributed by atoms with van der Waals surface area (Å²) in [5, 5.41) is 11.9. The molecule has 0 spiro atoms. The van der Waals surface area contributed by atoms with Gasteiger partial charge in [-0.15, -0.1) is 0 Å². The van der Waals surface area contributed by atoms with Crippen molar-refractivity contribution >= 4 is 112 Å². The number of benzene rings is 8. The van der Waals surface area contributed by atoms with Gasteiger partial charge in [0.15, 0.2) is 0 Å². The van der Waals surface area contributed by atoms with Crippen molar-refractivity contribution in [3.8, 4) is 0 Å². The Morgan fingerprint density at radius 3 is 0.662 bits per heavy atom. The van der Waals surface area contributed by atoms with Gasteiger partial charge in [0.1, 0.15) is 0 Å². The SMILES string of the molecule is CS(=O)(=O)[O-].CS(=O)(=O)[O-].C[P+](CCP(c1ccccc1)c1ccccc1)(c1ccccc1)c1ccccc1.C[P+](CCP(c1ccccc1)c1ccccc1)(c1ccccc1)c1ccccc1.[Cl][Pt][Cl]. The molecule has 8 rings (SSSR count). The quantitative estimate of drug-likeness (QED) is 0.0791. The van der Waals surface area contributed by atoms with Gasteiger partial charge < -0.3 is 9.11 Å². The van der Waals surface area contributed by atoms with E-state index in [-0.39, 0.29) is 15.8 Å². The number of hydrogen-bond donors (Lipinski definition) is 0. The molecule has 0 aliphatic rings. The molecule has 0 saturated heterocycles. The first-order chi connectivity index (χ1) is 34.0. The third-order valence-electron chi connectivity index (χ3n) is 11.1. The van der Waals surface area contributed by atoms with Crippen molar-refractivity contribution in [3.63, 3.8) is 0 Å². The van der Waals surface area contributed by atoms with Gasteiger partial charge in [0, 0.05) is 24.8 Å². The Bertz CT molecular complexity index is 2540. The van der Waals surface area contributed by atoms with Crippen molar-refractivity contribution in [1.29, 1.82) is 0 Å². The van der Waals surface area contributed by atoms with E-state index in [1.165, 1.54) is 67.1 Å². The van der Waals surface area contributed by atoms with Crippen LogP contribution in [-0.2, 0) is 36.7 Å². The maximum atomic E-state index is 9.08. The van der Waals surface area contributed by atoms with Crippen LogP contribution in [0.25, 0.3) is 0 Å². The van der Waals surface area contributed by atoms with Gasteiger partial charge >= 0.3 is 35.3 Å². The van der Waals surface area contributed by atoms with E-state index in [4.69, 9.17) is 44.8 Å². The monoisotopic (exact) mass is 1280 g/mol. The predicted molar refractivity (Wildman–Crippen MR) is 311 cm³/mol. The van der Waals surface area contributed by atoms with E-state index in [1.54, 1.807) is 0 Å². The molecule has 0 unspecified atom stereocenters. The van der Waals surface area contributed by atoms with Crippen LogP contribution in [0.5, 0.6) is 0 Å². The van der Waals surface area contributed by atoms with E-state index in [2.05, 4.69) is 256 Å². The van der Waals surface area contributed by atoms with Crippen LogP contribution in [-0.4, -0.2) is 76.4 Å². The molecule has 0 aromatic heterocycles. The van der Waals surface area contributed by atoms with Crippen molar-refractivity contribution in [2.24, 2.45) is 0 Å². The summed E-state index contributed by atoms with van der Waals surface area (Å²) in [5.41, 5.74) is 0. The third-order valence-corrected chi connectivity index (χ3v) is 24.8. The Labute approximate surface area is 443 Å². The molecule has 0 N–H and O–H groups in total. The van der Waals surface area contributed by atoms with Crippen molar-refractivity contribution in [3.05, 3.63) is 243 Å². The van der Waals surface area contributed by atoms with Crippen LogP contribution >= 0.6 is 49.2 Å². The second-order valence-electron chi connectivity index (χ2n) is 16.3. The van der Waals surface area contributed by atoms with Crippen LogP contribution in [0.2, 0.25) is 0 Å². The summed E-state index contributed by atoms with van der Waals surface area (Å²) < 4.78 is 54.5. The predicted octanol–water partition coefficient (Wildman–Crippen LogP) is 10.5. The summed E-state index contributed by atoms with van der Waals surface area (Å²) in [4.78, 5) is 0. The van der Waals surface area contributed by atoms with Gasteiger partial charge in [-0.05, 0) is 85.6 Å². The normalized spacial score (nSPS) is 11.4. The second-order valence-corrected chi connectivity index (χ2v) is 34.8. The molecule has 0 atom stereocenters. The zero-order valence-corrected chi connectivity index (χ0v) is 49.0. The van der Waals surface area contributed by atoms with Gasteiger partial charge in [0.05, 0.1) is 81.6 Å². The minimum absolute atomic E-state index is 0.368. The summed E-state index contributed by atoms with van der Waals surface area (Å²) in [7, 11) is -1.72. The van der Waals surface area contributed by atoms with E-state index >= 15 is 0 Å². The van der Waals surface area contributed by atoms with Gasteiger partial charge in [-0.2, -0.15) is 0 Å². The van der Waals surface area contributed by atoms with Crippen LogP contribution < -0.4 is 42.4 Å². The molecule has 0 aliphatic heterocycles. The number of halogens is 2. The molecule has 0 saturated carbocycles. The molecule has 15 heteroatoms. The summed E-state index contributed by atoms with van der Waals surface area (Å²) >= 11 is -0.472. The summed E-state index contributed by atoms with van der Waals surface area (Å²) in [6, 6.07) is 89.0. The average Bonchev–Trinajstić information content (AvgIpc) is 3.38. The van der Waals surface area contributed by atoms with Gasteiger partial charge in [0.25, 0.3) is 0 Å². The fraction of sp³-hybridized carbons (Fsp3) is 0.143. The maximum absolute atomic E-state index is 9.08. The van der Waals surface area contributed by atoms with E-state index in [0.717, 1.165) is 0 Å². The van der Waals surface area contributed by atoms with Crippen molar-refractivity contribution < 1.29 is 42.4 Å². The van der Waals surface area contributed by atoms with E-state index in [1.807, 2.05) is 0 Å². The second kappa shape index (κ2) is 31.3. The van der Waals surface area contributed by atoms with Crippen molar-refractivity contribution in [2.45, 2.75) is 0 Å². The standard InChI is InChI=1S/2C27H27P2.2CH4O3S.2ClH.Pt/c2*1-29(26-18-10-4-11-19-26,27-20-12-5-13-21-27)23-22-28(24-14-6-2-7-15-24)25-16-8-3-9-17-25;2*1-5(2,3)4;;;/h2*2-21H,22-23H2,1H3;2*1H3,(H,2,3,4);2*1H;/q2*+1;;;;;+2/p-4. The van der Waals surface area contributed by atoms with E-state index in [9.17, 15) is 0 Å². The Morgan fingerprint density at radius 2 is 0.507 bits per heavy atom. The number of hydrogen-bond acceptors (Lipinski definition) is 6. The molecule has 0 aliphatic carbocycles. The molecule has 0 bridgehead atoms. The zero-order valence-electron chi connectivity index (χ0n) is 40.0. The first kappa shape index (κ1) is 60.1. The van der Waals surface area contributed by atoms with Crippen LogP contribution in [0, 0.1) is 0 Å². The van der Waals surface area contributed by atoms with Gasteiger partial charge in [-0.3, -0.25) is 0 Å². The van der Waals surface area contributed by atoms with Gasteiger partial charge in [-0.25, -0.2) is 16.8 Å². The number of rotatable bonds is 14. The minimum atomic E-state index is -3.92. The van der Waals surface area contributed by atoms with E-state index < -0.39 is 51.2 Å². The fourth-order valence-electron chi connectivity index (χ4n) is 7.69. The van der Waals surface area contributed by atoms with Crippen LogP contribution in [0.15, 0.2) is 243 Å². The molecule has 376 valence electrons. The van der Waals surface area contributed by atoms with E-state index in [0.29, 0.717) is 12.5 Å². The summed E-state index contributed by atoms with van der Waals surface area (Å²) in [5.74, 6) is 0. The molecular weight excluding hydrogens is 1220 g/mol. The summed E-state index contributed by atoms with van der Waals surface area (Å²) in [6.45, 7) is 5.03. The fourth-order valence-corrected chi connectivity index (χ4v) is 21.2. The topological polar surface area (TPSA) is 114 Å². The van der Waals surface area contributed by atoms with Crippen molar-refractivity contribution in [2.75, 3.05) is 50.5 Å². The van der Waals surface area contributed by atoms with Gasteiger partial charge in [0.2, 0.25) is 0 Å². The molecule has 0 radical (unpaired) electrons. The molecule has 0 amide bonds.